The van der Waals surface area contributed by atoms with Gasteiger partial charge in [0.1, 0.15) is 36.6 Å². The van der Waals surface area contributed by atoms with Gasteiger partial charge < -0.3 is 46.0 Å². The van der Waals surface area contributed by atoms with E-state index in [0.29, 0.717) is 12.8 Å². The molecule has 9 N–H and O–H groups in total. The van der Waals surface area contributed by atoms with Crippen molar-refractivity contribution in [3.8, 4) is 0 Å². The molecule has 1 aliphatic carbocycles. The van der Waals surface area contributed by atoms with Crippen molar-refractivity contribution in [2.24, 2.45) is 0 Å². The Hall–Kier alpha value is -0.700. The number of amides is 1. The average molecular weight is 910 g/mol. The first kappa shape index (κ1) is 59.3. The second-order valence-corrected chi connectivity index (χ2v) is 20.0. The maximum Gasteiger partial charge on any atom is 0.472 e. The molecule has 62 heavy (non-hydrogen) atoms. The third-order valence-corrected chi connectivity index (χ3v) is 13.7. The van der Waals surface area contributed by atoms with Crippen LogP contribution in [0.25, 0.3) is 0 Å². The Morgan fingerprint density at radius 1 is 0.500 bits per heavy atom. The van der Waals surface area contributed by atoms with Gasteiger partial charge in [0, 0.05) is 0 Å². The fraction of sp³-hybridized carbons (Fsp3) is 0.979. The molecule has 1 saturated carbocycles. The lowest BCUT2D eigenvalue weighted by atomic mass is 9.85. The van der Waals surface area contributed by atoms with E-state index in [2.05, 4.69) is 19.2 Å². The summed E-state index contributed by atoms with van der Waals surface area (Å²) in [4.78, 5) is 23.5. The van der Waals surface area contributed by atoms with Gasteiger partial charge in [0.05, 0.1) is 31.3 Å². The fourth-order valence-corrected chi connectivity index (χ4v) is 9.51. The van der Waals surface area contributed by atoms with Gasteiger partial charge in [-0.15, -0.1) is 0 Å². The van der Waals surface area contributed by atoms with E-state index in [-0.39, 0.29) is 12.8 Å². The van der Waals surface area contributed by atoms with Gasteiger partial charge >= 0.3 is 7.82 Å². The Kier molecular flexibility index (Phi) is 36.7. The molecule has 0 aromatic heterocycles. The van der Waals surface area contributed by atoms with Gasteiger partial charge in [0.15, 0.2) is 0 Å². The Morgan fingerprint density at radius 2 is 0.806 bits per heavy atom. The maximum atomic E-state index is 13.0. The van der Waals surface area contributed by atoms with Gasteiger partial charge in [0.25, 0.3) is 0 Å². The summed E-state index contributed by atoms with van der Waals surface area (Å²) in [5.74, 6) is -0.556. The molecular formula is C48H96NO12P. The molecule has 0 heterocycles. The molecular weight excluding hydrogens is 813 g/mol. The molecule has 8 atom stereocenters. The van der Waals surface area contributed by atoms with Crippen LogP contribution in [0, 0.1) is 0 Å². The summed E-state index contributed by atoms with van der Waals surface area (Å²) in [6.45, 7) is 3.80. The monoisotopic (exact) mass is 910 g/mol. The average Bonchev–Trinajstić information content (AvgIpc) is 3.24. The fourth-order valence-electron chi connectivity index (χ4n) is 8.54. The van der Waals surface area contributed by atoms with Crippen LogP contribution in [0.3, 0.4) is 0 Å². The Bertz CT molecular complexity index is 1070. The van der Waals surface area contributed by atoms with Crippen molar-refractivity contribution in [3.63, 3.8) is 0 Å². The first-order chi connectivity index (χ1) is 29.8. The molecule has 13 nitrogen and oxygen atoms in total. The Labute approximate surface area is 377 Å². The number of unbranched alkanes of at least 4 members (excludes halogenated alkanes) is 30. The van der Waals surface area contributed by atoms with Crippen molar-refractivity contribution in [2.75, 3.05) is 6.61 Å². The predicted molar refractivity (Wildman–Crippen MR) is 248 cm³/mol. The number of nitrogens with one attached hydrogen (secondary N) is 1. The minimum atomic E-state index is -5.11. The molecule has 1 aliphatic rings. The molecule has 0 saturated heterocycles. The molecule has 0 aromatic rings. The summed E-state index contributed by atoms with van der Waals surface area (Å²) in [5, 5.41) is 74.7. The number of hydrogen-bond donors (Lipinski definition) is 9. The zero-order chi connectivity index (χ0) is 45.9. The lowest BCUT2D eigenvalue weighted by Gasteiger charge is -2.41. The molecule has 1 fully saturated rings. The van der Waals surface area contributed by atoms with Crippen molar-refractivity contribution in [3.05, 3.63) is 0 Å². The highest BCUT2D eigenvalue weighted by atomic mass is 31.2. The van der Waals surface area contributed by atoms with Gasteiger partial charge in [-0.1, -0.05) is 219 Å². The number of carbonyl (C=O) groups excluding carboxylic acids is 1. The lowest BCUT2D eigenvalue weighted by Crippen LogP contribution is -2.64. The molecule has 8 unspecified atom stereocenters. The largest absolute Gasteiger partial charge is 0.472 e. The van der Waals surface area contributed by atoms with E-state index in [0.717, 1.165) is 51.4 Å². The summed E-state index contributed by atoms with van der Waals surface area (Å²) in [5.41, 5.74) is 0. The summed E-state index contributed by atoms with van der Waals surface area (Å²) in [6, 6.07) is -1.15. The van der Waals surface area contributed by atoms with E-state index in [1.807, 2.05) is 0 Å². The van der Waals surface area contributed by atoms with E-state index in [9.17, 15) is 50.0 Å². The van der Waals surface area contributed by atoms with Crippen molar-refractivity contribution in [1.82, 2.24) is 5.32 Å². The molecule has 0 aliphatic heterocycles. The number of rotatable bonds is 43. The van der Waals surface area contributed by atoms with Gasteiger partial charge in [-0.25, -0.2) is 4.57 Å². The highest BCUT2D eigenvalue weighted by Gasteiger charge is 2.51. The van der Waals surface area contributed by atoms with Crippen LogP contribution in [0.1, 0.15) is 239 Å². The third-order valence-electron chi connectivity index (χ3n) is 12.7. The van der Waals surface area contributed by atoms with E-state index >= 15 is 0 Å². The highest BCUT2D eigenvalue weighted by molar-refractivity contribution is 7.47. The van der Waals surface area contributed by atoms with E-state index in [1.54, 1.807) is 0 Å². The van der Waals surface area contributed by atoms with Crippen LogP contribution in [0.15, 0.2) is 0 Å². The zero-order valence-electron chi connectivity index (χ0n) is 39.3. The number of hydrogen-bond acceptors (Lipinski definition) is 11. The third kappa shape index (κ3) is 29.8. The van der Waals surface area contributed by atoms with Gasteiger partial charge in [-0.2, -0.15) is 0 Å². The van der Waals surface area contributed by atoms with Gasteiger partial charge in [-0.3, -0.25) is 13.8 Å². The van der Waals surface area contributed by atoms with Crippen LogP contribution >= 0.6 is 7.82 Å². The quantitative estimate of drug-likeness (QED) is 0.0206. The van der Waals surface area contributed by atoms with Crippen molar-refractivity contribution in [2.45, 2.75) is 293 Å². The minimum Gasteiger partial charge on any atom is -0.393 e. The summed E-state index contributed by atoms with van der Waals surface area (Å²) in [7, 11) is -5.11. The van der Waals surface area contributed by atoms with E-state index in [4.69, 9.17) is 9.05 Å². The zero-order valence-corrected chi connectivity index (χ0v) is 40.2. The highest BCUT2D eigenvalue weighted by Crippen LogP contribution is 2.47. The molecule has 0 spiro atoms. The van der Waals surface area contributed by atoms with Crippen LogP contribution < -0.4 is 5.32 Å². The van der Waals surface area contributed by atoms with Crippen molar-refractivity contribution < 1.29 is 59.0 Å². The normalized spacial score (nSPS) is 22.9. The van der Waals surface area contributed by atoms with Gasteiger partial charge in [-0.05, 0) is 12.8 Å². The standard InChI is InChI=1S/C48H96NO12P/c1-3-5-7-9-11-13-15-17-18-19-20-21-22-23-24-25-27-29-31-33-35-39(50)37-42(52)49-40(41(51)36-34-32-30-28-26-16-14-12-10-8-6-4-2)38-60-62(58,59)61-48-46(56)44(54)43(53)45(55)47(48)57/h39-41,43-48,50-51,53-57H,3-38H2,1-2H3,(H,49,52)(H,58,59). The SMILES string of the molecule is CCCCCCCCCCCCCCCCCCCCCCC(O)CC(=O)NC(COP(=O)(O)OC1C(O)C(O)C(O)C(O)C1O)C(O)CCCCCCCCCCCCCC. The molecule has 14 heteroatoms. The predicted octanol–water partition coefficient (Wildman–Crippen LogP) is 9.21. The Balaban J connectivity index is 2.40. The molecule has 1 amide bonds. The number of aliphatic hydroxyl groups excluding tert-OH is 7. The number of carbonyl (C=O) groups is 1. The molecule has 1 rings (SSSR count). The number of phosphoric ester groups is 1. The van der Waals surface area contributed by atoms with Crippen molar-refractivity contribution >= 4 is 13.7 Å². The summed E-state index contributed by atoms with van der Waals surface area (Å²) < 4.78 is 22.9. The van der Waals surface area contributed by atoms with Gasteiger partial charge in [0.2, 0.25) is 5.91 Å². The molecule has 0 bridgehead atoms. The van der Waals surface area contributed by atoms with Crippen LogP contribution in [-0.2, 0) is 18.4 Å². The first-order valence-electron chi connectivity index (χ1n) is 25.6. The van der Waals surface area contributed by atoms with Crippen LogP contribution in [0.2, 0.25) is 0 Å². The second-order valence-electron chi connectivity index (χ2n) is 18.6. The number of phosphoric acid groups is 1. The maximum absolute atomic E-state index is 13.0. The van der Waals surface area contributed by atoms with Crippen LogP contribution in [0.4, 0.5) is 0 Å². The smallest absolute Gasteiger partial charge is 0.393 e. The molecule has 370 valence electrons. The second kappa shape index (κ2) is 38.4. The molecule has 0 aromatic carbocycles. The molecule has 0 radical (unpaired) electrons. The van der Waals surface area contributed by atoms with Crippen molar-refractivity contribution in [1.29, 1.82) is 0 Å². The lowest BCUT2D eigenvalue weighted by molar-refractivity contribution is -0.220. The van der Waals surface area contributed by atoms with Crippen LogP contribution in [0.5, 0.6) is 0 Å². The first-order valence-corrected chi connectivity index (χ1v) is 27.1. The summed E-state index contributed by atoms with van der Waals surface area (Å²) >= 11 is 0. The summed E-state index contributed by atoms with van der Waals surface area (Å²) in [6.07, 6.45) is 25.8. The van der Waals surface area contributed by atoms with Crippen LogP contribution in [-0.4, -0.2) is 108 Å². The Morgan fingerprint density at radius 3 is 1.16 bits per heavy atom. The van der Waals surface area contributed by atoms with E-state index < -0.39 is 75.2 Å². The number of aliphatic hydroxyl groups is 7. The minimum absolute atomic E-state index is 0.215. The topological polar surface area (TPSA) is 226 Å². The van der Waals surface area contributed by atoms with E-state index in [1.165, 1.54) is 148 Å².